The summed E-state index contributed by atoms with van der Waals surface area (Å²) in [4.78, 5) is 36.9. The summed E-state index contributed by atoms with van der Waals surface area (Å²) in [6.45, 7) is 3.16. The fraction of sp³-hybridized carbons (Fsp3) is 0.273. The van der Waals surface area contributed by atoms with E-state index in [1.165, 1.54) is 11.3 Å². The zero-order chi connectivity index (χ0) is 20.2. The van der Waals surface area contributed by atoms with E-state index in [4.69, 9.17) is 4.74 Å². The molecule has 0 N–H and O–H groups in total. The summed E-state index contributed by atoms with van der Waals surface area (Å²) in [5.41, 5.74) is 1.94. The van der Waals surface area contributed by atoms with E-state index in [-0.39, 0.29) is 5.91 Å². The Morgan fingerprint density at radius 2 is 1.79 bits per heavy atom. The number of pyridine rings is 1. The number of carbonyl (C=O) groups is 2. The summed E-state index contributed by atoms with van der Waals surface area (Å²) in [6.07, 6.45) is 2.68. The standard InChI is InChI=1S/C22H21N3O3S/c1-15-19(29-20(24-15)17-11-5-6-12-23-17)22(27)28-18(16-9-3-2-4-10-16)21(26)25-13-7-8-14-25/h2-6,9-12,18H,7-8,13-14H2,1H3/t18-/m1/s1. The van der Waals surface area contributed by atoms with E-state index < -0.39 is 12.1 Å². The van der Waals surface area contributed by atoms with E-state index in [0.717, 1.165) is 12.8 Å². The number of rotatable bonds is 5. The van der Waals surface area contributed by atoms with Crippen LogP contribution in [0.1, 0.15) is 39.9 Å². The number of aromatic nitrogens is 2. The molecule has 0 radical (unpaired) electrons. The molecule has 29 heavy (non-hydrogen) atoms. The molecule has 0 spiro atoms. The van der Waals surface area contributed by atoms with Crippen molar-refractivity contribution in [2.24, 2.45) is 0 Å². The quantitative estimate of drug-likeness (QED) is 0.597. The van der Waals surface area contributed by atoms with Gasteiger partial charge < -0.3 is 9.64 Å². The molecule has 2 aromatic heterocycles. The molecule has 7 heteroatoms. The number of hydrogen-bond donors (Lipinski definition) is 0. The van der Waals surface area contributed by atoms with Crippen LogP contribution in [0.25, 0.3) is 10.7 Å². The third-order valence-electron chi connectivity index (χ3n) is 4.84. The minimum absolute atomic E-state index is 0.172. The minimum atomic E-state index is -0.957. The van der Waals surface area contributed by atoms with Crippen LogP contribution >= 0.6 is 11.3 Å². The summed E-state index contributed by atoms with van der Waals surface area (Å²) in [5.74, 6) is -0.710. The Morgan fingerprint density at radius 1 is 1.07 bits per heavy atom. The molecule has 6 nitrogen and oxygen atoms in total. The topological polar surface area (TPSA) is 72.4 Å². The molecule has 0 bridgehead atoms. The highest BCUT2D eigenvalue weighted by Crippen LogP contribution is 2.30. The van der Waals surface area contributed by atoms with Gasteiger partial charge in [0, 0.05) is 24.8 Å². The average molecular weight is 407 g/mol. The number of thiazole rings is 1. The van der Waals surface area contributed by atoms with Crippen molar-refractivity contribution in [2.45, 2.75) is 25.9 Å². The van der Waals surface area contributed by atoms with Crippen molar-refractivity contribution in [3.63, 3.8) is 0 Å². The highest BCUT2D eigenvalue weighted by Gasteiger charge is 2.32. The van der Waals surface area contributed by atoms with Crippen LogP contribution in [0.5, 0.6) is 0 Å². The van der Waals surface area contributed by atoms with Crippen molar-refractivity contribution >= 4 is 23.2 Å². The lowest BCUT2D eigenvalue weighted by Gasteiger charge is -2.23. The Balaban J connectivity index is 1.60. The molecule has 1 atom stereocenters. The Morgan fingerprint density at radius 3 is 2.48 bits per heavy atom. The smallest absolute Gasteiger partial charge is 0.351 e. The van der Waals surface area contributed by atoms with Crippen LogP contribution in [0, 0.1) is 6.92 Å². The fourth-order valence-electron chi connectivity index (χ4n) is 3.34. The monoisotopic (exact) mass is 407 g/mol. The molecule has 0 unspecified atom stereocenters. The second-order valence-electron chi connectivity index (χ2n) is 6.88. The van der Waals surface area contributed by atoms with Gasteiger partial charge in [-0.05, 0) is 31.9 Å². The van der Waals surface area contributed by atoms with Gasteiger partial charge in [0.05, 0.1) is 11.4 Å². The predicted molar refractivity (Wildman–Crippen MR) is 110 cm³/mol. The number of carbonyl (C=O) groups excluding carboxylic acids is 2. The van der Waals surface area contributed by atoms with Gasteiger partial charge in [-0.25, -0.2) is 9.78 Å². The zero-order valence-electron chi connectivity index (χ0n) is 16.1. The van der Waals surface area contributed by atoms with Crippen LogP contribution in [0.3, 0.4) is 0 Å². The lowest BCUT2D eigenvalue weighted by atomic mass is 10.1. The molecular weight excluding hydrogens is 386 g/mol. The summed E-state index contributed by atoms with van der Waals surface area (Å²) >= 11 is 1.23. The number of nitrogens with zero attached hydrogens (tertiary/aromatic N) is 3. The maximum absolute atomic E-state index is 13.1. The molecule has 1 saturated heterocycles. The molecule has 4 rings (SSSR count). The number of hydrogen-bond acceptors (Lipinski definition) is 6. The molecule has 1 amide bonds. The molecule has 1 aliphatic rings. The molecule has 0 aliphatic carbocycles. The van der Waals surface area contributed by atoms with Gasteiger partial charge in [0.2, 0.25) is 6.10 Å². The van der Waals surface area contributed by atoms with Crippen molar-refractivity contribution in [3.05, 3.63) is 70.9 Å². The van der Waals surface area contributed by atoms with Crippen LogP contribution < -0.4 is 0 Å². The average Bonchev–Trinajstić information content (AvgIpc) is 3.43. The van der Waals surface area contributed by atoms with Crippen LogP contribution in [0.4, 0.5) is 0 Å². The maximum Gasteiger partial charge on any atom is 0.351 e. The first-order valence-electron chi connectivity index (χ1n) is 9.57. The largest absolute Gasteiger partial charge is 0.443 e. The third kappa shape index (κ3) is 4.19. The summed E-state index contributed by atoms with van der Waals surface area (Å²) in [6, 6.07) is 14.7. The number of esters is 1. The summed E-state index contributed by atoms with van der Waals surface area (Å²) < 4.78 is 5.75. The number of aryl methyl sites for hydroxylation is 1. The Labute approximate surface area is 173 Å². The van der Waals surface area contributed by atoms with E-state index in [1.807, 2.05) is 48.5 Å². The van der Waals surface area contributed by atoms with Crippen LogP contribution in [0.2, 0.25) is 0 Å². The van der Waals surface area contributed by atoms with Crippen molar-refractivity contribution in [3.8, 4) is 10.7 Å². The fourth-order valence-corrected chi connectivity index (χ4v) is 4.26. The minimum Gasteiger partial charge on any atom is -0.443 e. The predicted octanol–water partition coefficient (Wildman–Crippen LogP) is 4.03. The molecular formula is C22H21N3O3S. The Kier molecular flexibility index (Phi) is 5.67. The van der Waals surface area contributed by atoms with Gasteiger partial charge in [-0.1, -0.05) is 36.4 Å². The highest BCUT2D eigenvalue weighted by molar-refractivity contribution is 7.17. The molecule has 1 fully saturated rings. The summed E-state index contributed by atoms with van der Waals surface area (Å²) in [7, 11) is 0. The second-order valence-corrected chi connectivity index (χ2v) is 7.88. The number of ether oxygens (including phenoxy) is 1. The molecule has 3 heterocycles. The molecule has 1 aromatic carbocycles. The van der Waals surface area contributed by atoms with Crippen molar-refractivity contribution in [1.29, 1.82) is 0 Å². The van der Waals surface area contributed by atoms with E-state index in [2.05, 4.69) is 9.97 Å². The van der Waals surface area contributed by atoms with Crippen LogP contribution in [-0.4, -0.2) is 39.8 Å². The first-order chi connectivity index (χ1) is 14.1. The second kappa shape index (κ2) is 8.53. The number of benzene rings is 1. The lowest BCUT2D eigenvalue weighted by Crippen LogP contribution is -2.34. The van der Waals surface area contributed by atoms with Gasteiger partial charge in [-0.2, -0.15) is 0 Å². The highest BCUT2D eigenvalue weighted by atomic mass is 32.1. The van der Waals surface area contributed by atoms with Crippen molar-refractivity contribution in [2.75, 3.05) is 13.1 Å². The van der Waals surface area contributed by atoms with Crippen molar-refractivity contribution in [1.82, 2.24) is 14.9 Å². The molecule has 1 aliphatic heterocycles. The van der Waals surface area contributed by atoms with Gasteiger partial charge in [0.25, 0.3) is 5.91 Å². The van der Waals surface area contributed by atoms with E-state index in [0.29, 0.717) is 39.9 Å². The first-order valence-corrected chi connectivity index (χ1v) is 10.4. The van der Waals surface area contributed by atoms with Gasteiger partial charge >= 0.3 is 5.97 Å². The SMILES string of the molecule is Cc1nc(-c2ccccn2)sc1C(=O)O[C@@H](C(=O)N1CCCC1)c1ccccc1. The first kappa shape index (κ1) is 19.3. The van der Waals surface area contributed by atoms with E-state index in [9.17, 15) is 9.59 Å². The normalized spacial score (nSPS) is 14.6. The van der Waals surface area contributed by atoms with E-state index >= 15 is 0 Å². The van der Waals surface area contributed by atoms with Gasteiger partial charge in [0.1, 0.15) is 9.88 Å². The molecule has 148 valence electrons. The molecule has 0 saturated carbocycles. The van der Waals surface area contributed by atoms with Crippen LogP contribution in [0.15, 0.2) is 54.7 Å². The summed E-state index contributed by atoms with van der Waals surface area (Å²) in [5, 5.41) is 0.650. The number of likely N-dealkylation sites (tertiary alicyclic amines) is 1. The Hall–Kier alpha value is -3.06. The lowest BCUT2D eigenvalue weighted by molar-refractivity contribution is -0.140. The van der Waals surface area contributed by atoms with Crippen molar-refractivity contribution < 1.29 is 14.3 Å². The van der Waals surface area contributed by atoms with Gasteiger partial charge in [-0.15, -0.1) is 11.3 Å². The zero-order valence-corrected chi connectivity index (χ0v) is 16.9. The number of amides is 1. The van der Waals surface area contributed by atoms with Gasteiger partial charge in [-0.3, -0.25) is 9.78 Å². The van der Waals surface area contributed by atoms with Crippen LogP contribution in [-0.2, 0) is 9.53 Å². The Bertz CT molecular complexity index is 999. The van der Waals surface area contributed by atoms with Gasteiger partial charge in [0.15, 0.2) is 0 Å². The van der Waals surface area contributed by atoms with E-state index in [1.54, 1.807) is 18.0 Å². The molecule has 3 aromatic rings. The third-order valence-corrected chi connectivity index (χ3v) is 6.00. The maximum atomic E-state index is 13.1.